The molecule has 3 rings (SSSR count). The number of ether oxygens (including phenoxy) is 2. The number of urea groups is 1. The molecule has 1 fully saturated rings. The van der Waals surface area contributed by atoms with Gasteiger partial charge < -0.3 is 20.1 Å². The molecule has 29 heavy (non-hydrogen) atoms. The van der Waals surface area contributed by atoms with Crippen molar-refractivity contribution in [2.24, 2.45) is 0 Å². The van der Waals surface area contributed by atoms with Crippen molar-refractivity contribution in [3.63, 3.8) is 0 Å². The van der Waals surface area contributed by atoms with E-state index < -0.39 is 12.1 Å². The Kier molecular flexibility index (Phi) is 6.33. The first-order valence-electron chi connectivity index (χ1n) is 9.19. The van der Waals surface area contributed by atoms with Gasteiger partial charge in [-0.1, -0.05) is 24.3 Å². The monoisotopic (exact) mass is 397 g/mol. The molecule has 0 aliphatic carbocycles. The van der Waals surface area contributed by atoms with Crippen LogP contribution in [0.1, 0.15) is 18.4 Å². The van der Waals surface area contributed by atoms with Crippen molar-refractivity contribution in [3.05, 3.63) is 54.1 Å². The van der Waals surface area contributed by atoms with Crippen LogP contribution in [0.5, 0.6) is 11.5 Å². The lowest BCUT2D eigenvalue weighted by atomic mass is 10.1. The summed E-state index contributed by atoms with van der Waals surface area (Å²) in [4.78, 5) is 38.2. The van der Waals surface area contributed by atoms with E-state index in [1.807, 2.05) is 0 Å². The molecule has 1 aliphatic heterocycles. The van der Waals surface area contributed by atoms with E-state index in [0.29, 0.717) is 17.2 Å². The van der Waals surface area contributed by atoms with Gasteiger partial charge in [0, 0.05) is 6.42 Å². The van der Waals surface area contributed by atoms with E-state index in [4.69, 9.17) is 9.47 Å². The molecule has 8 heteroatoms. The molecule has 152 valence electrons. The molecule has 0 aromatic heterocycles. The first-order valence-corrected chi connectivity index (χ1v) is 9.19. The number of nitrogens with zero attached hydrogens (tertiary/aromatic N) is 1. The quantitative estimate of drug-likeness (QED) is 0.667. The molecule has 4 amide bonds. The summed E-state index contributed by atoms with van der Waals surface area (Å²) in [6.07, 6.45) is 0.301. The van der Waals surface area contributed by atoms with Crippen molar-refractivity contribution in [1.82, 2.24) is 10.2 Å². The van der Waals surface area contributed by atoms with Crippen LogP contribution in [-0.2, 0) is 16.1 Å². The third-order valence-electron chi connectivity index (χ3n) is 4.65. The van der Waals surface area contributed by atoms with Gasteiger partial charge in [-0.25, -0.2) is 4.79 Å². The van der Waals surface area contributed by atoms with Crippen LogP contribution in [0.3, 0.4) is 0 Å². The van der Waals surface area contributed by atoms with Crippen LogP contribution in [0.25, 0.3) is 0 Å². The Morgan fingerprint density at radius 3 is 2.48 bits per heavy atom. The molecule has 1 atom stereocenters. The maximum atomic E-state index is 12.6. The predicted molar refractivity (Wildman–Crippen MR) is 107 cm³/mol. The zero-order valence-electron chi connectivity index (χ0n) is 16.3. The third kappa shape index (κ3) is 4.84. The summed E-state index contributed by atoms with van der Waals surface area (Å²) in [7, 11) is 3.09. The number of anilines is 1. The summed E-state index contributed by atoms with van der Waals surface area (Å²) >= 11 is 0. The average molecular weight is 397 g/mol. The summed E-state index contributed by atoms with van der Waals surface area (Å²) in [5, 5.41) is 5.41. The minimum Gasteiger partial charge on any atom is -0.497 e. The van der Waals surface area contributed by atoms with Gasteiger partial charge in [-0.05, 0) is 36.2 Å². The number of amides is 4. The van der Waals surface area contributed by atoms with Gasteiger partial charge in [-0.15, -0.1) is 0 Å². The van der Waals surface area contributed by atoms with E-state index in [1.54, 1.807) is 55.6 Å². The molecule has 1 aliphatic rings. The second-order valence-corrected chi connectivity index (χ2v) is 6.56. The fraction of sp³-hybridized carbons (Fsp3) is 0.286. The SMILES string of the molecule is COc1ccc(CN2C(=O)N[C@@H](CCC(=O)Nc3ccccc3OC)C2=O)cc1. The molecule has 1 saturated heterocycles. The van der Waals surface area contributed by atoms with Crippen LogP contribution in [-0.4, -0.2) is 43.0 Å². The number of methoxy groups -OCH3 is 2. The number of benzene rings is 2. The fourth-order valence-electron chi connectivity index (χ4n) is 3.07. The van der Waals surface area contributed by atoms with Crippen molar-refractivity contribution >= 4 is 23.5 Å². The van der Waals surface area contributed by atoms with E-state index in [9.17, 15) is 14.4 Å². The number of nitrogens with one attached hydrogen (secondary N) is 2. The fourth-order valence-corrected chi connectivity index (χ4v) is 3.07. The number of carbonyl (C=O) groups excluding carboxylic acids is 3. The summed E-state index contributed by atoms with van der Waals surface area (Å²) in [5.41, 5.74) is 1.37. The highest BCUT2D eigenvalue weighted by molar-refractivity contribution is 6.04. The molecule has 2 N–H and O–H groups in total. The number of imide groups is 1. The second kappa shape index (κ2) is 9.09. The lowest BCUT2D eigenvalue weighted by molar-refractivity contribution is -0.128. The Labute approximate surface area is 168 Å². The van der Waals surface area contributed by atoms with Crippen molar-refractivity contribution in [3.8, 4) is 11.5 Å². The highest BCUT2D eigenvalue weighted by Crippen LogP contribution is 2.23. The maximum Gasteiger partial charge on any atom is 0.325 e. The zero-order valence-corrected chi connectivity index (χ0v) is 16.3. The third-order valence-corrected chi connectivity index (χ3v) is 4.65. The van der Waals surface area contributed by atoms with Crippen molar-refractivity contribution < 1.29 is 23.9 Å². The number of hydrogen-bond acceptors (Lipinski definition) is 5. The molecular weight excluding hydrogens is 374 g/mol. The first kappa shape index (κ1) is 20.2. The average Bonchev–Trinajstić information content (AvgIpc) is 3.00. The van der Waals surface area contributed by atoms with Crippen LogP contribution in [0, 0.1) is 0 Å². The van der Waals surface area contributed by atoms with Gasteiger partial charge in [0.2, 0.25) is 5.91 Å². The Balaban J connectivity index is 1.54. The van der Waals surface area contributed by atoms with Crippen molar-refractivity contribution in [2.75, 3.05) is 19.5 Å². The lowest BCUT2D eigenvalue weighted by Gasteiger charge is -2.13. The Morgan fingerprint density at radius 1 is 1.07 bits per heavy atom. The maximum absolute atomic E-state index is 12.6. The highest BCUT2D eigenvalue weighted by atomic mass is 16.5. The summed E-state index contributed by atoms with van der Waals surface area (Å²) in [5.74, 6) is 0.655. The van der Waals surface area contributed by atoms with E-state index in [1.165, 1.54) is 7.11 Å². The normalized spacial score (nSPS) is 15.8. The molecule has 2 aromatic rings. The van der Waals surface area contributed by atoms with Gasteiger partial charge in [0.25, 0.3) is 5.91 Å². The minimum atomic E-state index is -0.718. The number of hydrogen-bond donors (Lipinski definition) is 2. The largest absolute Gasteiger partial charge is 0.497 e. The standard InChI is InChI=1S/C21H23N3O5/c1-28-15-9-7-14(8-10-15)13-24-20(26)17(23-21(24)27)11-12-19(25)22-16-5-3-4-6-18(16)29-2/h3-10,17H,11-13H2,1-2H3,(H,22,25)(H,23,27)/t17-/m0/s1. The Morgan fingerprint density at radius 2 is 1.79 bits per heavy atom. The first-order chi connectivity index (χ1) is 14.0. The van der Waals surface area contributed by atoms with Gasteiger partial charge in [0.1, 0.15) is 17.5 Å². The van der Waals surface area contributed by atoms with Gasteiger partial charge in [0.05, 0.1) is 26.5 Å². The van der Waals surface area contributed by atoms with Gasteiger partial charge in [0.15, 0.2) is 0 Å². The van der Waals surface area contributed by atoms with Gasteiger partial charge >= 0.3 is 6.03 Å². The number of rotatable bonds is 8. The number of carbonyl (C=O) groups is 3. The van der Waals surface area contributed by atoms with Gasteiger partial charge in [-0.3, -0.25) is 14.5 Å². The number of para-hydroxylation sites is 2. The molecule has 0 unspecified atom stereocenters. The van der Waals surface area contributed by atoms with Gasteiger partial charge in [-0.2, -0.15) is 0 Å². The van der Waals surface area contributed by atoms with Crippen LogP contribution in [0.15, 0.2) is 48.5 Å². The van der Waals surface area contributed by atoms with E-state index in [-0.39, 0.29) is 31.2 Å². The lowest BCUT2D eigenvalue weighted by Crippen LogP contribution is -2.31. The smallest absolute Gasteiger partial charge is 0.325 e. The summed E-state index contributed by atoms with van der Waals surface area (Å²) in [6, 6.07) is 13.0. The molecule has 2 aromatic carbocycles. The molecule has 0 bridgehead atoms. The van der Waals surface area contributed by atoms with Crippen LogP contribution in [0.4, 0.5) is 10.5 Å². The zero-order chi connectivity index (χ0) is 20.8. The predicted octanol–water partition coefficient (Wildman–Crippen LogP) is 2.54. The molecule has 8 nitrogen and oxygen atoms in total. The molecule has 0 spiro atoms. The Bertz CT molecular complexity index is 897. The topological polar surface area (TPSA) is 97.0 Å². The molecular formula is C21H23N3O5. The Hall–Kier alpha value is -3.55. The molecule has 1 heterocycles. The van der Waals surface area contributed by atoms with E-state index in [2.05, 4.69) is 10.6 Å². The van der Waals surface area contributed by atoms with Crippen molar-refractivity contribution in [2.45, 2.75) is 25.4 Å². The second-order valence-electron chi connectivity index (χ2n) is 6.56. The van der Waals surface area contributed by atoms with Crippen LogP contribution >= 0.6 is 0 Å². The molecule has 0 saturated carbocycles. The minimum absolute atomic E-state index is 0.0884. The summed E-state index contributed by atoms with van der Waals surface area (Å²) < 4.78 is 10.3. The van der Waals surface area contributed by atoms with Crippen LogP contribution in [0.2, 0.25) is 0 Å². The van der Waals surface area contributed by atoms with E-state index in [0.717, 1.165) is 10.5 Å². The highest BCUT2D eigenvalue weighted by Gasteiger charge is 2.37. The van der Waals surface area contributed by atoms with Crippen molar-refractivity contribution in [1.29, 1.82) is 0 Å². The van der Waals surface area contributed by atoms with E-state index >= 15 is 0 Å². The summed E-state index contributed by atoms with van der Waals surface area (Å²) in [6.45, 7) is 0.165. The molecule has 0 radical (unpaired) electrons. The van der Waals surface area contributed by atoms with Crippen LogP contribution < -0.4 is 20.1 Å².